The molecule has 1 aromatic rings. The second kappa shape index (κ2) is 6.39. The van der Waals surface area contributed by atoms with Gasteiger partial charge in [-0.3, -0.25) is 14.7 Å². The Morgan fingerprint density at radius 1 is 1.24 bits per heavy atom. The van der Waals surface area contributed by atoms with Gasteiger partial charge in [0, 0.05) is 44.1 Å². The summed E-state index contributed by atoms with van der Waals surface area (Å²) in [5.41, 5.74) is -0.188. The number of nitrogens with zero attached hydrogens (tertiary/aromatic N) is 4. The van der Waals surface area contributed by atoms with Gasteiger partial charge in [-0.25, -0.2) is 4.98 Å². The molecule has 0 unspecified atom stereocenters. The highest BCUT2D eigenvalue weighted by atomic mass is 16.2. The smallest absolute Gasteiger partial charge is 0.237 e. The van der Waals surface area contributed by atoms with Gasteiger partial charge in [-0.1, -0.05) is 0 Å². The van der Waals surface area contributed by atoms with Crippen molar-refractivity contribution in [3.8, 4) is 0 Å². The maximum atomic E-state index is 12.2. The summed E-state index contributed by atoms with van der Waals surface area (Å²) >= 11 is 0. The summed E-state index contributed by atoms with van der Waals surface area (Å²) in [4.78, 5) is 25.1. The predicted octanol–water partition coefficient (Wildman–Crippen LogP) is 0.902. The van der Waals surface area contributed by atoms with Crippen molar-refractivity contribution >= 4 is 11.7 Å². The first kappa shape index (κ1) is 15.7. The quantitative estimate of drug-likeness (QED) is 0.896. The topological polar surface area (TPSA) is 61.4 Å². The number of anilines is 1. The van der Waals surface area contributed by atoms with Crippen LogP contribution < -0.4 is 10.2 Å². The van der Waals surface area contributed by atoms with Crippen LogP contribution in [0.5, 0.6) is 0 Å². The van der Waals surface area contributed by atoms with E-state index in [1.807, 2.05) is 27.7 Å². The van der Waals surface area contributed by atoms with Crippen LogP contribution in [0.3, 0.4) is 0 Å². The second-order valence-electron chi connectivity index (χ2n) is 6.50. The van der Waals surface area contributed by atoms with Crippen molar-refractivity contribution in [2.75, 3.05) is 31.1 Å². The maximum absolute atomic E-state index is 12.2. The van der Waals surface area contributed by atoms with E-state index in [0.29, 0.717) is 0 Å². The highest BCUT2D eigenvalue weighted by molar-refractivity contribution is 5.82. The van der Waals surface area contributed by atoms with Gasteiger partial charge in [-0.2, -0.15) is 0 Å². The molecule has 2 heterocycles. The van der Waals surface area contributed by atoms with Gasteiger partial charge < -0.3 is 10.2 Å². The lowest BCUT2D eigenvalue weighted by Crippen LogP contribution is -2.56. The number of piperazine rings is 1. The number of aromatic nitrogens is 2. The molecular weight excluding hydrogens is 266 g/mol. The number of rotatable bonds is 3. The van der Waals surface area contributed by atoms with Crippen molar-refractivity contribution in [1.82, 2.24) is 20.2 Å². The third kappa shape index (κ3) is 4.39. The van der Waals surface area contributed by atoms with E-state index in [1.54, 1.807) is 18.6 Å². The van der Waals surface area contributed by atoms with E-state index < -0.39 is 0 Å². The van der Waals surface area contributed by atoms with Gasteiger partial charge in [0.1, 0.15) is 5.82 Å². The largest absolute Gasteiger partial charge is 0.353 e. The van der Waals surface area contributed by atoms with Crippen molar-refractivity contribution in [1.29, 1.82) is 0 Å². The van der Waals surface area contributed by atoms with Crippen molar-refractivity contribution in [3.63, 3.8) is 0 Å². The summed E-state index contributed by atoms with van der Waals surface area (Å²) in [6, 6.07) is -0.103. The first-order chi connectivity index (χ1) is 9.87. The normalized spacial score (nSPS) is 18.4. The highest BCUT2D eigenvalue weighted by Crippen LogP contribution is 2.13. The number of nitrogens with one attached hydrogen (secondary N) is 1. The Bertz CT molecular complexity index is 463. The number of amides is 1. The minimum absolute atomic E-state index is 0.0930. The van der Waals surface area contributed by atoms with Crippen LogP contribution in [0.25, 0.3) is 0 Å². The lowest BCUT2D eigenvalue weighted by atomic mass is 10.1. The van der Waals surface area contributed by atoms with E-state index in [1.165, 1.54) is 0 Å². The van der Waals surface area contributed by atoms with Gasteiger partial charge in [0.2, 0.25) is 5.91 Å². The molecule has 1 aliphatic heterocycles. The van der Waals surface area contributed by atoms with E-state index in [4.69, 9.17) is 0 Å². The van der Waals surface area contributed by atoms with E-state index in [9.17, 15) is 4.79 Å². The maximum Gasteiger partial charge on any atom is 0.237 e. The number of hydrogen-bond donors (Lipinski definition) is 1. The monoisotopic (exact) mass is 291 g/mol. The van der Waals surface area contributed by atoms with Crippen LogP contribution in [-0.2, 0) is 4.79 Å². The minimum Gasteiger partial charge on any atom is -0.353 e. The average Bonchev–Trinajstić information content (AvgIpc) is 2.46. The lowest BCUT2D eigenvalue weighted by Gasteiger charge is -2.38. The molecule has 0 bridgehead atoms. The molecule has 116 valence electrons. The summed E-state index contributed by atoms with van der Waals surface area (Å²) in [6.45, 7) is 11.4. The Morgan fingerprint density at radius 2 is 1.90 bits per heavy atom. The molecule has 1 atom stereocenters. The van der Waals surface area contributed by atoms with Crippen LogP contribution in [0.4, 0.5) is 5.82 Å². The summed E-state index contributed by atoms with van der Waals surface area (Å²) in [5, 5.41) is 3.04. The summed E-state index contributed by atoms with van der Waals surface area (Å²) in [7, 11) is 0. The van der Waals surface area contributed by atoms with Crippen molar-refractivity contribution in [3.05, 3.63) is 18.6 Å². The van der Waals surface area contributed by atoms with E-state index in [-0.39, 0.29) is 17.5 Å². The average molecular weight is 291 g/mol. The fourth-order valence-electron chi connectivity index (χ4n) is 2.43. The van der Waals surface area contributed by atoms with Crippen LogP contribution in [0.15, 0.2) is 18.6 Å². The van der Waals surface area contributed by atoms with Crippen LogP contribution in [0.2, 0.25) is 0 Å². The Morgan fingerprint density at radius 3 is 2.43 bits per heavy atom. The molecule has 0 radical (unpaired) electrons. The van der Waals surface area contributed by atoms with Gasteiger partial charge >= 0.3 is 0 Å². The van der Waals surface area contributed by atoms with Gasteiger partial charge in [0.05, 0.1) is 12.2 Å². The molecule has 0 aliphatic carbocycles. The summed E-state index contributed by atoms with van der Waals surface area (Å²) in [6.07, 6.45) is 5.17. The van der Waals surface area contributed by atoms with Gasteiger partial charge in [0.15, 0.2) is 0 Å². The van der Waals surface area contributed by atoms with Gasteiger partial charge in [-0.15, -0.1) is 0 Å². The summed E-state index contributed by atoms with van der Waals surface area (Å²) in [5.74, 6) is 0.999. The SMILES string of the molecule is C[C@@H](C(=O)NC(C)(C)C)N1CCN(c2cnccn2)CC1. The fourth-order valence-corrected chi connectivity index (χ4v) is 2.43. The fraction of sp³-hybridized carbons (Fsp3) is 0.667. The van der Waals surface area contributed by atoms with Crippen LogP contribution >= 0.6 is 0 Å². The molecule has 6 heteroatoms. The van der Waals surface area contributed by atoms with Gasteiger partial charge in [-0.05, 0) is 27.7 Å². The number of carbonyl (C=O) groups excluding carboxylic acids is 1. The zero-order valence-corrected chi connectivity index (χ0v) is 13.3. The molecule has 21 heavy (non-hydrogen) atoms. The number of hydrogen-bond acceptors (Lipinski definition) is 5. The molecule has 2 rings (SSSR count). The highest BCUT2D eigenvalue weighted by Gasteiger charge is 2.27. The minimum atomic E-state index is -0.188. The van der Waals surface area contributed by atoms with Crippen LogP contribution in [-0.4, -0.2) is 58.5 Å². The van der Waals surface area contributed by atoms with Crippen molar-refractivity contribution < 1.29 is 4.79 Å². The summed E-state index contributed by atoms with van der Waals surface area (Å²) < 4.78 is 0. The zero-order valence-electron chi connectivity index (χ0n) is 13.3. The lowest BCUT2D eigenvalue weighted by molar-refractivity contribution is -0.127. The molecule has 1 saturated heterocycles. The first-order valence-electron chi connectivity index (χ1n) is 7.44. The van der Waals surface area contributed by atoms with Crippen LogP contribution in [0, 0.1) is 0 Å². The van der Waals surface area contributed by atoms with E-state index in [2.05, 4.69) is 25.1 Å². The van der Waals surface area contributed by atoms with E-state index >= 15 is 0 Å². The second-order valence-corrected chi connectivity index (χ2v) is 6.50. The third-order valence-corrected chi connectivity index (χ3v) is 3.61. The zero-order chi connectivity index (χ0) is 15.5. The predicted molar refractivity (Wildman–Crippen MR) is 83.2 cm³/mol. The van der Waals surface area contributed by atoms with Crippen molar-refractivity contribution in [2.45, 2.75) is 39.3 Å². The third-order valence-electron chi connectivity index (χ3n) is 3.61. The molecule has 1 aliphatic rings. The van der Waals surface area contributed by atoms with E-state index in [0.717, 1.165) is 32.0 Å². The molecule has 0 aromatic carbocycles. The molecular formula is C15H25N5O. The molecule has 1 N–H and O–H groups in total. The Labute approximate surface area is 126 Å². The first-order valence-corrected chi connectivity index (χ1v) is 7.44. The molecule has 0 spiro atoms. The molecule has 1 fully saturated rings. The number of carbonyl (C=O) groups is 1. The Kier molecular flexibility index (Phi) is 4.77. The molecule has 1 amide bonds. The standard InChI is InChI=1S/C15H25N5O/c1-12(14(21)18-15(2,3)4)19-7-9-20(10-8-19)13-11-16-5-6-17-13/h5-6,11-12H,7-10H2,1-4H3,(H,18,21)/t12-/m0/s1. The van der Waals surface area contributed by atoms with Gasteiger partial charge in [0.25, 0.3) is 0 Å². The molecule has 1 aromatic heterocycles. The van der Waals surface area contributed by atoms with Crippen LogP contribution in [0.1, 0.15) is 27.7 Å². The molecule has 6 nitrogen and oxygen atoms in total. The molecule has 0 saturated carbocycles. The Hall–Kier alpha value is -1.69. The Balaban J connectivity index is 1.87. The van der Waals surface area contributed by atoms with Crippen molar-refractivity contribution in [2.24, 2.45) is 0 Å².